The summed E-state index contributed by atoms with van der Waals surface area (Å²) >= 11 is 0. The maximum Gasteiger partial charge on any atom is 0.135 e. The molecule has 0 bridgehead atoms. The molecule has 0 saturated carbocycles. The van der Waals surface area contributed by atoms with E-state index in [0.29, 0.717) is 0 Å². The van der Waals surface area contributed by atoms with Gasteiger partial charge in [0.2, 0.25) is 0 Å². The molecule has 2 aromatic heterocycles. The Labute approximate surface area is 328 Å². The molecule has 0 saturated heterocycles. The third-order valence-corrected chi connectivity index (χ3v) is 11.6. The topological polar surface area (TPSA) is 32.8 Å². The van der Waals surface area contributed by atoms with Gasteiger partial charge in [-0.3, -0.25) is 0 Å². The molecular formula is C53H34N2O2. The number of aryl methyl sites for hydroxylation is 1. The molecule has 0 aliphatic carbocycles. The van der Waals surface area contributed by atoms with E-state index in [-0.39, 0.29) is 0 Å². The monoisotopic (exact) mass is 730 g/mol. The lowest BCUT2D eigenvalue weighted by atomic mass is 9.90. The van der Waals surface area contributed by atoms with Crippen LogP contribution in [-0.4, -0.2) is 0 Å². The number of rotatable bonds is 6. The quantitative estimate of drug-likeness (QED) is 0.160. The lowest BCUT2D eigenvalue weighted by Crippen LogP contribution is -2.14. The minimum absolute atomic E-state index is 0.872. The second kappa shape index (κ2) is 12.2. The summed E-state index contributed by atoms with van der Waals surface area (Å²) in [6, 6.07) is 67.4. The first kappa shape index (κ1) is 31.8. The summed E-state index contributed by atoms with van der Waals surface area (Å²) < 4.78 is 12.6. The smallest absolute Gasteiger partial charge is 0.135 e. The van der Waals surface area contributed by atoms with Gasteiger partial charge >= 0.3 is 0 Å². The molecule has 268 valence electrons. The van der Waals surface area contributed by atoms with Gasteiger partial charge in [-0.15, -0.1) is 0 Å². The average molecular weight is 731 g/mol. The molecule has 0 aliphatic heterocycles. The van der Waals surface area contributed by atoms with Crippen LogP contribution < -0.4 is 9.80 Å². The van der Waals surface area contributed by atoms with Gasteiger partial charge < -0.3 is 18.6 Å². The van der Waals surface area contributed by atoms with Crippen molar-refractivity contribution in [2.24, 2.45) is 0 Å². The first-order chi connectivity index (χ1) is 28.2. The van der Waals surface area contributed by atoms with Gasteiger partial charge in [-0.05, 0) is 108 Å². The highest BCUT2D eigenvalue weighted by Crippen LogP contribution is 2.51. The third kappa shape index (κ3) is 4.87. The summed E-state index contributed by atoms with van der Waals surface area (Å²) in [7, 11) is 0. The van der Waals surface area contributed by atoms with Crippen LogP contribution in [0, 0.1) is 6.92 Å². The van der Waals surface area contributed by atoms with Gasteiger partial charge in [0.15, 0.2) is 0 Å². The molecule has 12 aromatic rings. The second-order valence-corrected chi connectivity index (χ2v) is 15.0. The van der Waals surface area contributed by atoms with Crippen LogP contribution >= 0.6 is 0 Å². The first-order valence-electron chi connectivity index (χ1n) is 19.4. The van der Waals surface area contributed by atoms with Gasteiger partial charge in [0.25, 0.3) is 0 Å². The van der Waals surface area contributed by atoms with E-state index >= 15 is 0 Å². The summed E-state index contributed by atoms with van der Waals surface area (Å²) in [5, 5.41) is 11.7. The maximum absolute atomic E-state index is 6.32. The highest BCUT2D eigenvalue weighted by Gasteiger charge is 2.25. The Morgan fingerprint density at radius 3 is 1.25 bits per heavy atom. The van der Waals surface area contributed by atoms with Crippen LogP contribution in [0.15, 0.2) is 197 Å². The number of hydrogen-bond acceptors (Lipinski definition) is 4. The van der Waals surface area contributed by atoms with Crippen molar-refractivity contribution in [1.82, 2.24) is 0 Å². The molecule has 0 atom stereocenters. The van der Waals surface area contributed by atoms with Crippen molar-refractivity contribution in [2.75, 3.05) is 9.80 Å². The minimum Gasteiger partial charge on any atom is -0.456 e. The van der Waals surface area contributed by atoms with Gasteiger partial charge in [-0.25, -0.2) is 0 Å². The van der Waals surface area contributed by atoms with Crippen LogP contribution in [0.25, 0.3) is 76.2 Å². The molecule has 0 fully saturated rings. The van der Waals surface area contributed by atoms with E-state index in [1.165, 1.54) is 37.9 Å². The van der Waals surface area contributed by atoms with Crippen molar-refractivity contribution in [2.45, 2.75) is 6.92 Å². The molecule has 0 unspecified atom stereocenters. The molecule has 4 heteroatoms. The second-order valence-electron chi connectivity index (χ2n) is 15.0. The molecule has 57 heavy (non-hydrogen) atoms. The molecule has 10 aromatic carbocycles. The van der Waals surface area contributed by atoms with E-state index < -0.39 is 0 Å². The molecular weight excluding hydrogens is 697 g/mol. The number of benzene rings is 10. The highest BCUT2D eigenvalue weighted by molar-refractivity contribution is 6.29. The Hall–Kier alpha value is -7.56. The number of para-hydroxylation sites is 4. The van der Waals surface area contributed by atoms with Crippen molar-refractivity contribution in [1.29, 1.82) is 0 Å². The number of fused-ring (bicyclic) bond motifs is 6. The van der Waals surface area contributed by atoms with Crippen LogP contribution in [0.1, 0.15) is 5.56 Å². The molecule has 4 nitrogen and oxygen atoms in total. The summed E-state index contributed by atoms with van der Waals surface area (Å²) in [6.07, 6.45) is 0. The van der Waals surface area contributed by atoms with E-state index in [0.717, 1.165) is 78.0 Å². The van der Waals surface area contributed by atoms with Gasteiger partial charge in [0, 0.05) is 60.5 Å². The Balaban J connectivity index is 1.21. The highest BCUT2D eigenvalue weighted by atomic mass is 16.3. The van der Waals surface area contributed by atoms with E-state index in [1.54, 1.807) is 0 Å². The Morgan fingerprint density at radius 1 is 0.316 bits per heavy atom. The van der Waals surface area contributed by atoms with Crippen molar-refractivity contribution in [3.05, 3.63) is 194 Å². The molecule has 12 rings (SSSR count). The zero-order valence-electron chi connectivity index (χ0n) is 31.1. The number of hydrogen-bond donors (Lipinski definition) is 0. The summed E-state index contributed by atoms with van der Waals surface area (Å²) in [4.78, 5) is 4.83. The van der Waals surface area contributed by atoms with Crippen molar-refractivity contribution >= 4 is 110 Å². The average Bonchev–Trinajstić information content (AvgIpc) is 3.82. The summed E-state index contributed by atoms with van der Waals surface area (Å²) in [5.41, 5.74) is 11.2. The standard InChI is InChI=1S/C53H34N2O2/c1-33-28-34-20-24-42-46(54(36-12-4-2-5-13-36)38-22-26-50-44(30-38)40-16-8-10-18-48(40)56-50)32-47(43-25-21-35(29-33)52(34)53(42)43)55(37-14-6-3-7-15-37)39-23-27-51-45(31-39)41-17-9-11-19-49(41)57-51/h2-32H,1H3. The predicted molar refractivity (Wildman–Crippen MR) is 239 cm³/mol. The zero-order valence-corrected chi connectivity index (χ0v) is 31.1. The zero-order chi connectivity index (χ0) is 37.6. The minimum atomic E-state index is 0.872. The predicted octanol–water partition coefficient (Wildman–Crippen LogP) is 15.6. The fourth-order valence-corrected chi connectivity index (χ4v) is 9.12. The number of anilines is 6. The molecule has 0 spiro atoms. The fourth-order valence-electron chi connectivity index (χ4n) is 9.12. The normalized spacial score (nSPS) is 11.9. The van der Waals surface area contributed by atoms with Crippen molar-refractivity contribution in [3.8, 4) is 0 Å². The Morgan fingerprint density at radius 2 is 0.754 bits per heavy atom. The maximum atomic E-state index is 6.32. The molecule has 0 aliphatic rings. The van der Waals surface area contributed by atoms with Crippen LogP contribution in [-0.2, 0) is 0 Å². The Kier molecular flexibility index (Phi) is 6.81. The van der Waals surface area contributed by atoms with Crippen molar-refractivity contribution in [3.63, 3.8) is 0 Å². The third-order valence-electron chi connectivity index (χ3n) is 11.6. The van der Waals surface area contributed by atoms with Gasteiger partial charge in [-0.1, -0.05) is 109 Å². The molecule has 0 amide bonds. The molecule has 0 radical (unpaired) electrons. The lowest BCUT2D eigenvalue weighted by molar-refractivity contribution is 0.668. The van der Waals surface area contributed by atoms with Crippen LogP contribution in [0.5, 0.6) is 0 Å². The summed E-state index contributed by atoms with van der Waals surface area (Å²) in [6.45, 7) is 2.19. The first-order valence-corrected chi connectivity index (χ1v) is 19.4. The lowest BCUT2D eigenvalue weighted by Gasteiger charge is -2.32. The van der Waals surface area contributed by atoms with Crippen LogP contribution in [0.2, 0.25) is 0 Å². The largest absolute Gasteiger partial charge is 0.456 e. The van der Waals surface area contributed by atoms with E-state index in [9.17, 15) is 0 Å². The van der Waals surface area contributed by atoms with Gasteiger partial charge in [0.05, 0.1) is 11.4 Å². The van der Waals surface area contributed by atoms with Crippen LogP contribution in [0.3, 0.4) is 0 Å². The van der Waals surface area contributed by atoms with E-state index in [1.807, 2.05) is 24.3 Å². The van der Waals surface area contributed by atoms with Crippen molar-refractivity contribution < 1.29 is 8.83 Å². The number of furan rings is 2. The molecule has 2 heterocycles. The Bertz CT molecular complexity index is 3270. The van der Waals surface area contributed by atoms with Gasteiger partial charge in [0.1, 0.15) is 22.3 Å². The fraction of sp³-hybridized carbons (Fsp3) is 0.0189. The summed E-state index contributed by atoms with van der Waals surface area (Å²) in [5.74, 6) is 0. The van der Waals surface area contributed by atoms with Crippen LogP contribution in [0.4, 0.5) is 34.1 Å². The number of nitrogens with zero attached hydrogens (tertiary/aromatic N) is 2. The SMILES string of the molecule is Cc1cc2ccc3c(N(c4ccccc4)c4ccc5oc6ccccc6c5c4)cc(N(c4ccccc4)c4ccc5oc6ccccc6c5c4)c4ccc(c1)c2c34. The molecule has 0 N–H and O–H groups in total. The van der Waals surface area contributed by atoms with E-state index in [2.05, 4.69) is 181 Å². The van der Waals surface area contributed by atoms with E-state index in [4.69, 9.17) is 8.83 Å². The van der Waals surface area contributed by atoms with Gasteiger partial charge in [-0.2, -0.15) is 0 Å².